The third kappa shape index (κ3) is 43.3. The summed E-state index contributed by atoms with van der Waals surface area (Å²) in [5.74, 6) is -0.224. The van der Waals surface area contributed by atoms with Gasteiger partial charge in [-0.25, -0.2) is 0 Å². The zero-order chi connectivity index (χ0) is 43.6. The Hall–Kier alpha value is -2.58. The number of hydrogen-bond acceptors (Lipinski definition) is 6. The summed E-state index contributed by atoms with van der Waals surface area (Å²) in [4.78, 5) is 25.3. The molecular formula is C50H87N2O6P. The van der Waals surface area contributed by atoms with Crippen molar-refractivity contribution < 1.29 is 32.9 Å². The van der Waals surface area contributed by atoms with Gasteiger partial charge in [0.2, 0.25) is 5.91 Å². The number of phosphoric ester groups is 1. The van der Waals surface area contributed by atoms with E-state index in [0.29, 0.717) is 17.4 Å². The second-order valence-electron chi connectivity index (χ2n) is 16.4. The van der Waals surface area contributed by atoms with Crippen LogP contribution in [0, 0.1) is 0 Å². The number of nitrogens with zero attached hydrogens (tertiary/aromatic N) is 1. The average molecular weight is 843 g/mol. The number of aliphatic hydroxyl groups excluding tert-OH is 1. The Morgan fingerprint density at radius 1 is 0.610 bits per heavy atom. The zero-order valence-electron chi connectivity index (χ0n) is 38.2. The number of allylic oxidation sites excluding steroid dienone is 15. The SMILES string of the molecule is CC/C=C\C/C=C\C/C=C\C/C=C\C/C=C\C/C=C\C/C=C\CCCCCCCC(=O)NC(COP(=O)([O-])OCC[N+](C)(C)C)C(O)/C=C/CCCCCCCCCC. The molecular weight excluding hydrogens is 756 g/mol. The Morgan fingerprint density at radius 2 is 1.03 bits per heavy atom. The highest BCUT2D eigenvalue weighted by molar-refractivity contribution is 7.45. The van der Waals surface area contributed by atoms with E-state index in [-0.39, 0.29) is 12.5 Å². The molecule has 3 atom stereocenters. The molecule has 0 spiro atoms. The van der Waals surface area contributed by atoms with E-state index in [2.05, 4.69) is 104 Å². The van der Waals surface area contributed by atoms with Crippen LogP contribution in [0.4, 0.5) is 0 Å². The number of amides is 1. The number of hydrogen-bond donors (Lipinski definition) is 2. The second-order valence-corrected chi connectivity index (χ2v) is 17.8. The van der Waals surface area contributed by atoms with Gasteiger partial charge >= 0.3 is 0 Å². The summed E-state index contributed by atoms with van der Waals surface area (Å²) in [6.07, 6.45) is 57.5. The van der Waals surface area contributed by atoms with Gasteiger partial charge < -0.3 is 28.8 Å². The Labute approximate surface area is 362 Å². The first-order valence-electron chi connectivity index (χ1n) is 23.1. The number of likely N-dealkylation sites (N-methyl/N-ethyl adjacent to an activating group) is 1. The summed E-state index contributed by atoms with van der Waals surface area (Å²) < 4.78 is 23.1. The van der Waals surface area contributed by atoms with Gasteiger partial charge in [-0.3, -0.25) is 9.36 Å². The molecule has 0 saturated heterocycles. The quantitative estimate of drug-likeness (QED) is 0.0275. The van der Waals surface area contributed by atoms with Crippen molar-refractivity contribution in [1.82, 2.24) is 5.32 Å². The Morgan fingerprint density at radius 3 is 1.51 bits per heavy atom. The molecule has 0 rings (SSSR count). The molecule has 0 aliphatic carbocycles. The first-order valence-corrected chi connectivity index (χ1v) is 24.6. The molecule has 9 heteroatoms. The van der Waals surface area contributed by atoms with Crippen molar-refractivity contribution in [1.29, 1.82) is 0 Å². The fourth-order valence-corrected chi connectivity index (χ4v) is 6.62. The fraction of sp³-hybridized carbons (Fsp3) is 0.660. The highest BCUT2D eigenvalue weighted by Crippen LogP contribution is 2.38. The van der Waals surface area contributed by atoms with Crippen LogP contribution in [0.3, 0.4) is 0 Å². The first kappa shape index (κ1) is 56.4. The average Bonchev–Trinajstić information content (AvgIpc) is 3.19. The van der Waals surface area contributed by atoms with Crippen molar-refractivity contribution in [3.05, 3.63) is 97.2 Å². The molecule has 0 bridgehead atoms. The van der Waals surface area contributed by atoms with E-state index in [0.717, 1.165) is 103 Å². The fourth-order valence-electron chi connectivity index (χ4n) is 5.89. The van der Waals surface area contributed by atoms with Crippen LogP contribution < -0.4 is 10.2 Å². The summed E-state index contributed by atoms with van der Waals surface area (Å²) in [7, 11) is 1.23. The van der Waals surface area contributed by atoms with E-state index in [9.17, 15) is 19.4 Å². The van der Waals surface area contributed by atoms with Crippen LogP contribution in [0.15, 0.2) is 97.2 Å². The molecule has 338 valence electrons. The lowest BCUT2D eigenvalue weighted by molar-refractivity contribution is -0.870. The van der Waals surface area contributed by atoms with E-state index in [1.54, 1.807) is 6.08 Å². The molecule has 0 radical (unpaired) electrons. The van der Waals surface area contributed by atoms with Gasteiger partial charge in [-0.05, 0) is 77.0 Å². The normalized spacial score (nSPS) is 15.2. The minimum absolute atomic E-state index is 0.0109. The minimum Gasteiger partial charge on any atom is -0.756 e. The molecule has 0 aliphatic rings. The van der Waals surface area contributed by atoms with E-state index in [4.69, 9.17) is 9.05 Å². The standard InChI is InChI=1S/C50H87N2O6P/c1-6-8-10-12-14-16-18-19-20-21-22-23-24-25-26-27-28-29-30-31-32-33-34-36-38-40-42-44-50(54)51-48(47-58-59(55,56)57-46-45-52(3,4)5)49(53)43-41-39-37-35-17-15-13-11-9-7-2/h8,10,14,16,19-20,22-23,25-26,28-29,31-32,41,43,48-49,53H,6-7,9,11-13,15,17-18,21,24,27,30,33-40,42,44-47H2,1-5H3,(H-,51,54,55,56)/b10-8-,16-14-,20-19-,23-22-,26-25-,29-28-,32-31-,43-41+. The van der Waals surface area contributed by atoms with Crippen molar-refractivity contribution in [2.45, 2.75) is 174 Å². The van der Waals surface area contributed by atoms with Crippen LogP contribution in [-0.4, -0.2) is 68.5 Å². The first-order chi connectivity index (χ1) is 28.5. The summed E-state index contributed by atoms with van der Waals surface area (Å²) in [5, 5.41) is 13.7. The van der Waals surface area contributed by atoms with Crippen LogP contribution in [0.1, 0.15) is 162 Å². The van der Waals surface area contributed by atoms with Crippen LogP contribution >= 0.6 is 7.82 Å². The van der Waals surface area contributed by atoms with Crippen molar-refractivity contribution in [3.8, 4) is 0 Å². The van der Waals surface area contributed by atoms with Crippen molar-refractivity contribution in [2.75, 3.05) is 40.9 Å². The molecule has 0 aromatic carbocycles. The molecule has 2 N–H and O–H groups in total. The maximum Gasteiger partial charge on any atom is 0.268 e. The van der Waals surface area contributed by atoms with Gasteiger partial charge in [-0.2, -0.15) is 0 Å². The van der Waals surface area contributed by atoms with Gasteiger partial charge in [0.25, 0.3) is 7.82 Å². The number of carbonyl (C=O) groups excluding carboxylic acids is 1. The number of quaternary nitrogens is 1. The van der Waals surface area contributed by atoms with Crippen molar-refractivity contribution in [2.24, 2.45) is 0 Å². The van der Waals surface area contributed by atoms with Gasteiger partial charge in [0.15, 0.2) is 0 Å². The van der Waals surface area contributed by atoms with Crippen LogP contribution in [-0.2, 0) is 18.4 Å². The number of carbonyl (C=O) groups is 1. The van der Waals surface area contributed by atoms with Crippen molar-refractivity contribution >= 4 is 13.7 Å². The molecule has 0 heterocycles. The number of phosphoric acid groups is 1. The van der Waals surface area contributed by atoms with Gasteiger partial charge in [-0.15, -0.1) is 0 Å². The lowest BCUT2D eigenvalue weighted by atomic mass is 10.1. The lowest BCUT2D eigenvalue weighted by Crippen LogP contribution is -2.45. The predicted octanol–water partition coefficient (Wildman–Crippen LogP) is 12.5. The molecule has 0 saturated carbocycles. The Bertz CT molecular complexity index is 1280. The molecule has 3 unspecified atom stereocenters. The summed E-state index contributed by atoms with van der Waals surface area (Å²) in [5.41, 5.74) is 0. The molecule has 0 aliphatic heterocycles. The van der Waals surface area contributed by atoms with Crippen LogP contribution in [0.2, 0.25) is 0 Å². The molecule has 0 aromatic rings. The summed E-state index contributed by atoms with van der Waals surface area (Å²) in [6, 6.07) is -0.902. The summed E-state index contributed by atoms with van der Waals surface area (Å²) in [6.45, 7) is 4.46. The van der Waals surface area contributed by atoms with Gasteiger partial charge in [0, 0.05) is 6.42 Å². The number of nitrogens with one attached hydrogen (secondary N) is 1. The molecule has 59 heavy (non-hydrogen) atoms. The van der Waals surface area contributed by atoms with Gasteiger partial charge in [0.05, 0.1) is 39.9 Å². The topological polar surface area (TPSA) is 108 Å². The van der Waals surface area contributed by atoms with Gasteiger partial charge in [0.1, 0.15) is 13.2 Å². The Kier molecular flexibility index (Phi) is 39.0. The van der Waals surface area contributed by atoms with Crippen LogP contribution in [0.25, 0.3) is 0 Å². The molecule has 8 nitrogen and oxygen atoms in total. The third-order valence-electron chi connectivity index (χ3n) is 9.55. The Balaban J connectivity index is 4.33. The zero-order valence-corrected chi connectivity index (χ0v) is 39.1. The lowest BCUT2D eigenvalue weighted by Gasteiger charge is -2.29. The second kappa shape index (κ2) is 40.8. The monoisotopic (exact) mass is 843 g/mol. The number of aliphatic hydroxyl groups is 1. The maximum absolute atomic E-state index is 12.8. The molecule has 0 fully saturated rings. The van der Waals surface area contributed by atoms with E-state index >= 15 is 0 Å². The van der Waals surface area contributed by atoms with Crippen LogP contribution in [0.5, 0.6) is 0 Å². The highest BCUT2D eigenvalue weighted by atomic mass is 31.2. The highest BCUT2D eigenvalue weighted by Gasteiger charge is 2.23. The maximum atomic E-state index is 12.8. The van der Waals surface area contributed by atoms with E-state index in [1.807, 2.05) is 27.2 Å². The number of unbranched alkanes of at least 4 members (excludes halogenated alkanes) is 13. The van der Waals surface area contributed by atoms with E-state index < -0.39 is 26.6 Å². The summed E-state index contributed by atoms with van der Waals surface area (Å²) >= 11 is 0. The van der Waals surface area contributed by atoms with Gasteiger partial charge in [-0.1, -0.05) is 175 Å². The minimum atomic E-state index is -4.60. The predicted molar refractivity (Wildman–Crippen MR) is 251 cm³/mol. The number of rotatable bonds is 40. The van der Waals surface area contributed by atoms with Crippen molar-refractivity contribution in [3.63, 3.8) is 0 Å². The van der Waals surface area contributed by atoms with E-state index in [1.165, 1.54) is 38.5 Å². The smallest absolute Gasteiger partial charge is 0.268 e. The molecule has 0 aromatic heterocycles. The third-order valence-corrected chi connectivity index (χ3v) is 10.5. The molecule has 1 amide bonds. The largest absolute Gasteiger partial charge is 0.756 e.